The van der Waals surface area contributed by atoms with Gasteiger partial charge >= 0.3 is 6.36 Å². The van der Waals surface area contributed by atoms with E-state index in [1.807, 2.05) is 17.7 Å². The third-order valence-electron chi connectivity index (χ3n) is 6.17. The van der Waals surface area contributed by atoms with Gasteiger partial charge in [0.2, 0.25) is 5.95 Å². The Hall–Kier alpha value is -3.42. The summed E-state index contributed by atoms with van der Waals surface area (Å²) in [5.41, 5.74) is 1.63. The van der Waals surface area contributed by atoms with Crippen molar-refractivity contribution in [3.8, 4) is 5.75 Å². The number of benzene rings is 2. The van der Waals surface area contributed by atoms with Crippen molar-refractivity contribution in [3.05, 3.63) is 42.0 Å². The molecule has 2 aromatic heterocycles. The molecule has 202 valence electrons. The van der Waals surface area contributed by atoms with Gasteiger partial charge in [0.05, 0.1) is 26.9 Å². The van der Waals surface area contributed by atoms with E-state index in [9.17, 15) is 23.1 Å². The van der Waals surface area contributed by atoms with Crippen LogP contribution < -0.4 is 15.4 Å². The standard InChI is InChI=1S/C25H27F3N6O3S/c1-24(2,36)13-34-9-8-15(12-34)29-21(35)14-4-7-19-18(10-14)30-22(33(19)3)32-23-31-17-6-5-16(11-20(17)38-23)37-25(26,27)28/h4-7,10-11,15,36H,8-9,12-13H2,1-3H3,(H,29,35)(H,30,31,32). The maximum atomic E-state index is 12.9. The van der Waals surface area contributed by atoms with Crippen LogP contribution in [-0.4, -0.2) is 68.1 Å². The normalized spacial score (nSPS) is 16.9. The third kappa shape index (κ3) is 6.00. The van der Waals surface area contributed by atoms with Gasteiger partial charge in [-0.2, -0.15) is 0 Å². The smallest absolute Gasteiger partial charge is 0.406 e. The Balaban J connectivity index is 1.29. The Morgan fingerprint density at radius 3 is 2.71 bits per heavy atom. The van der Waals surface area contributed by atoms with Crippen molar-refractivity contribution in [2.45, 2.75) is 38.3 Å². The average molecular weight is 549 g/mol. The summed E-state index contributed by atoms with van der Waals surface area (Å²) >= 11 is 1.17. The number of carbonyl (C=O) groups is 1. The number of ether oxygens (including phenoxy) is 1. The number of aryl methyl sites for hydroxylation is 1. The maximum Gasteiger partial charge on any atom is 0.573 e. The summed E-state index contributed by atoms with van der Waals surface area (Å²) < 4.78 is 43.9. The van der Waals surface area contributed by atoms with Crippen molar-refractivity contribution in [1.82, 2.24) is 24.8 Å². The number of β-amino-alcohol motifs (C(OH)–C–C–N with tert-alkyl or cyclic N) is 1. The number of imidazole rings is 1. The van der Waals surface area contributed by atoms with Gasteiger partial charge in [0, 0.05) is 44.4 Å². The fraction of sp³-hybridized carbons (Fsp3) is 0.400. The highest BCUT2D eigenvalue weighted by Gasteiger charge is 2.31. The first-order valence-electron chi connectivity index (χ1n) is 12.0. The number of fused-ring (bicyclic) bond motifs is 2. The SMILES string of the molecule is Cn1c(Nc2nc3ccc(OC(F)(F)F)cc3s2)nc2cc(C(=O)NC3CCN(CC(C)(C)O)C3)ccc21. The summed E-state index contributed by atoms with van der Waals surface area (Å²) in [4.78, 5) is 24.1. The second-order valence-corrected chi connectivity index (χ2v) is 11.1. The first kappa shape index (κ1) is 26.2. The third-order valence-corrected chi connectivity index (χ3v) is 7.11. The van der Waals surface area contributed by atoms with Crippen LogP contribution in [0.15, 0.2) is 36.4 Å². The van der Waals surface area contributed by atoms with Crippen LogP contribution in [0.4, 0.5) is 24.3 Å². The molecule has 13 heteroatoms. The fourth-order valence-corrected chi connectivity index (χ4v) is 5.50. The van der Waals surface area contributed by atoms with Gasteiger partial charge in [0.25, 0.3) is 5.91 Å². The molecule has 0 saturated carbocycles. The van der Waals surface area contributed by atoms with Crippen molar-refractivity contribution in [2.24, 2.45) is 7.05 Å². The van der Waals surface area contributed by atoms with Crippen LogP contribution in [0, 0.1) is 0 Å². The summed E-state index contributed by atoms with van der Waals surface area (Å²) in [7, 11) is 1.82. The first-order chi connectivity index (χ1) is 17.8. The summed E-state index contributed by atoms with van der Waals surface area (Å²) in [5, 5.41) is 16.7. The van der Waals surface area contributed by atoms with E-state index < -0.39 is 12.0 Å². The molecular weight excluding hydrogens is 521 g/mol. The molecule has 0 aliphatic carbocycles. The number of aliphatic hydroxyl groups is 1. The summed E-state index contributed by atoms with van der Waals surface area (Å²) in [6, 6.07) is 9.26. The molecule has 1 amide bonds. The van der Waals surface area contributed by atoms with Gasteiger partial charge in [-0.25, -0.2) is 9.97 Å². The molecule has 0 radical (unpaired) electrons. The first-order valence-corrected chi connectivity index (χ1v) is 12.8. The Morgan fingerprint density at radius 1 is 1.18 bits per heavy atom. The number of aromatic nitrogens is 3. The van der Waals surface area contributed by atoms with E-state index in [1.54, 1.807) is 26.0 Å². The molecule has 2 aromatic carbocycles. The van der Waals surface area contributed by atoms with Crippen molar-refractivity contribution in [2.75, 3.05) is 25.0 Å². The highest BCUT2D eigenvalue weighted by molar-refractivity contribution is 7.22. The number of amides is 1. The Morgan fingerprint density at radius 2 is 1.97 bits per heavy atom. The number of thiazole rings is 1. The second kappa shape index (κ2) is 9.71. The lowest BCUT2D eigenvalue weighted by Gasteiger charge is -2.25. The summed E-state index contributed by atoms with van der Waals surface area (Å²) in [6.07, 6.45) is -3.95. The minimum absolute atomic E-state index is 0.00240. The van der Waals surface area contributed by atoms with Crippen LogP contribution in [0.3, 0.4) is 0 Å². The van der Waals surface area contributed by atoms with E-state index in [4.69, 9.17) is 0 Å². The molecule has 0 spiro atoms. The van der Waals surface area contributed by atoms with Gasteiger partial charge in [0.15, 0.2) is 5.13 Å². The van der Waals surface area contributed by atoms with Crippen molar-refractivity contribution >= 4 is 49.6 Å². The molecule has 4 aromatic rings. The maximum absolute atomic E-state index is 12.9. The van der Waals surface area contributed by atoms with Crippen LogP contribution in [-0.2, 0) is 7.05 Å². The van der Waals surface area contributed by atoms with Gasteiger partial charge in [0.1, 0.15) is 5.75 Å². The van der Waals surface area contributed by atoms with Crippen molar-refractivity contribution < 1.29 is 27.8 Å². The number of alkyl halides is 3. The van der Waals surface area contributed by atoms with E-state index in [0.717, 1.165) is 18.5 Å². The zero-order chi connectivity index (χ0) is 27.2. The predicted octanol–water partition coefficient (Wildman–Crippen LogP) is 4.40. The van der Waals surface area contributed by atoms with E-state index in [2.05, 4.69) is 30.2 Å². The zero-order valence-corrected chi connectivity index (χ0v) is 21.8. The van der Waals surface area contributed by atoms with Crippen LogP contribution >= 0.6 is 11.3 Å². The number of likely N-dealkylation sites (tertiary alicyclic amines) is 1. The van der Waals surface area contributed by atoms with Gasteiger partial charge in [-0.05, 0) is 50.6 Å². The Labute approximate surface area is 220 Å². The molecule has 1 aliphatic rings. The minimum Gasteiger partial charge on any atom is -0.406 e. The van der Waals surface area contributed by atoms with Crippen molar-refractivity contribution in [1.29, 1.82) is 0 Å². The topological polar surface area (TPSA) is 105 Å². The molecule has 1 atom stereocenters. The number of hydrogen-bond donors (Lipinski definition) is 3. The predicted molar refractivity (Wildman–Crippen MR) is 139 cm³/mol. The number of carbonyl (C=O) groups excluding carboxylic acids is 1. The van der Waals surface area contributed by atoms with Crippen molar-refractivity contribution in [3.63, 3.8) is 0 Å². The van der Waals surface area contributed by atoms with Gasteiger partial charge in [-0.3, -0.25) is 9.69 Å². The molecule has 1 unspecified atom stereocenters. The van der Waals surface area contributed by atoms with E-state index in [0.29, 0.717) is 45.5 Å². The largest absolute Gasteiger partial charge is 0.573 e. The number of nitrogens with zero attached hydrogens (tertiary/aromatic N) is 4. The van der Waals surface area contributed by atoms with Crippen LogP contribution in [0.2, 0.25) is 0 Å². The van der Waals surface area contributed by atoms with E-state index in [-0.39, 0.29) is 17.7 Å². The lowest BCUT2D eigenvalue weighted by molar-refractivity contribution is -0.274. The molecule has 1 fully saturated rings. The highest BCUT2D eigenvalue weighted by atomic mass is 32.1. The summed E-state index contributed by atoms with van der Waals surface area (Å²) in [5.74, 6) is -0.0251. The molecule has 1 aliphatic heterocycles. The molecule has 3 heterocycles. The van der Waals surface area contributed by atoms with Crippen LogP contribution in [0.25, 0.3) is 21.3 Å². The molecule has 1 saturated heterocycles. The number of anilines is 2. The number of nitrogens with one attached hydrogen (secondary N) is 2. The molecule has 9 nitrogen and oxygen atoms in total. The molecule has 0 bridgehead atoms. The lowest BCUT2D eigenvalue weighted by atomic mass is 10.1. The number of rotatable bonds is 7. The molecular formula is C25H27F3N6O3S. The van der Waals surface area contributed by atoms with Gasteiger partial charge in [-0.15, -0.1) is 13.2 Å². The minimum atomic E-state index is -4.77. The highest BCUT2D eigenvalue weighted by Crippen LogP contribution is 2.33. The van der Waals surface area contributed by atoms with Crippen LogP contribution in [0.1, 0.15) is 30.6 Å². The monoisotopic (exact) mass is 548 g/mol. The molecule has 38 heavy (non-hydrogen) atoms. The summed E-state index contributed by atoms with van der Waals surface area (Å²) in [6.45, 7) is 5.58. The van der Waals surface area contributed by atoms with Gasteiger partial charge < -0.3 is 25.0 Å². The lowest BCUT2D eigenvalue weighted by Crippen LogP contribution is -2.41. The van der Waals surface area contributed by atoms with Crippen LogP contribution in [0.5, 0.6) is 5.75 Å². The Kier molecular flexibility index (Phi) is 6.70. The molecule has 3 N–H and O–H groups in total. The zero-order valence-electron chi connectivity index (χ0n) is 21.0. The fourth-order valence-electron chi connectivity index (χ4n) is 4.61. The quantitative estimate of drug-likeness (QED) is 0.315. The average Bonchev–Trinajstić information content (AvgIpc) is 3.49. The second-order valence-electron chi connectivity index (χ2n) is 10.0. The number of halogens is 3. The van der Waals surface area contributed by atoms with Gasteiger partial charge in [-0.1, -0.05) is 11.3 Å². The van der Waals surface area contributed by atoms with E-state index in [1.165, 1.54) is 29.5 Å². The number of hydrogen-bond acceptors (Lipinski definition) is 8. The van der Waals surface area contributed by atoms with E-state index >= 15 is 0 Å². The Bertz CT molecular complexity index is 1490. The molecule has 5 rings (SSSR count).